The zero-order valence-electron chi connectivity index (χ0n) is 8.38. The summed E-state index contributed by atoms with van der Waals surface area (Å²) in [4.78, 5) is 20.5. The van der Waals surface area contributed by atoms with Crippen LogP contribution in [0, 0.1) is 0 Å². The Morgan fingerprint density at radius 1 is 1.38 bits per heavy atom. The molecule has 0 atom stereocenters. The van der Waals surface area contributed by atoms with Crippen LogP contribution in [0.25, 0.3) is 10.6 Å². The number of carbonyl (C=O) groups is 1. The molecule has 0 spiro atoms. The molecule has 0 aliphatic heterocycles. The number of rotatable bonds is 3. The minimum atomic E-state index is -0.337. The first kappa shape index (κ1) is 10.6. The van der Waals surface area contributed by atoms with Gasteiger partial charge in [0.15, 0.2) is 0 Å². The summed E-state index contributed by atoms with van der Waals surface area (Å²) >= 11 is 1.48. The molecule has 1 amide bonds. The van der Waals surface area contributed by atoms with Crippen molar-refractivity contribution in [3.05, 3.63) is 29.3 Å². The topological polar surface area (TPSA) is 94.9 Å². The lowest BCUT2D eigenvalue weighted by Gasteiger charge is -1.96. The normalized spacial score (nSPS) is 10.2. The van der Waals surface area contributed by atoms with Gasteiger partial charge >= 0.3 is 0 Å². The molecule has 0 aliphatic rings. The summed E-state index contributed by atoms with van der Waals surface area (Å²) in [7, 11) is 0. The highest BCUT2D eigenvalue weighted by molar-refractivity contribution is 7.15. The molecule has 6 heteroatoms. The fraction of sp³-hybridized carbons (Fsp3) is 0.100. The van der Waals surface area contributed by atoms with E-state index in [9.17, 15) is 4.79 Å². The van der Waals surface area contributed by atoms with Gasteiger partial charge < -0.3 is 11.5 Å². The molecule has 0 bridgehead atoms. The standard InChI is InChI=1S/C10H10N4OS/c11-9(15)5-6-1-2-8(16-6)7-3-4-13-10(12)14-7/h1-4H,5H2,(H2,11,15)(H2,12,13,14). The van der Waals surface area contributed by atoms with Gasteiger partial charge in [-0.3, -0.25) is 4.79 Å². The van der Waals surface area contributed by atoms with Gasteiger partial charge in [-0.25, -0.2) is 9.97 Å². The molecule has 0 aromatic carbocycles. The van der Waals surface area contributed by atoms with Crippen LogP contribution < -0.4 is 11.5 Å². The molecule has 2 aromatic rings. The summed E-state index contributed by atoms with van der Waals surface area (Å²) in [6.07, 6.45) is 1.86. The van der Waals surface area contributed by atoms with Gasteiger partial charge in [0.05, 0.1) is 17.0 Å². The van der Waals surface area contributed by atoms with Gasteiger partial charge in [-0.05, 0) is 18.2 Å². The van der Waals surface area contributed by atoms with Gasteiger partial charge in [-0.1, -0.05) is 0 Å². The van der Waals surface area contributed by atoms with Crippen LogP contribution in [-0.4, -0.2) is 15.9 Å². The lowest BCUT2D eigenvalue weighted by molar-refractivity contribution is -0.117. The summed E-state index contributed by atoms with van der Waals surface area (Å²) in [5, 5.41) is 0. The largest absolute Gasteiger partial charge is 0.369 e. The number of anilines is 1. The highest BCUT2D eigenvalue weighted by Gasteiger charge is 2.06. The number of nitrogens with two attached hydrogens (primary N) is 2. The van der Waals surface area contributed by atoms with Gasteiger partial charge in [0, 0.05) is 11.1 Å². The molecule has 0 unspecified atom stereocenters. The summed E-state index contributed by atoms with van der Waals surface area (Å²) in [6.45, 7) is 0. The maximum absolute atomic E-state index is 10.8. The molecule has 0 saturated carbocycles. The number of nitrogen functional groups attached to an aromatic ring is 1. The molecule has 5 nitrogen and oxygen atoms in total. The fourth-order valence-corrected chi connectivity index (χ4v) is 2.28. The van der Waals surface area contributed by atoms with Crippen molar-refractivity contribution < 1.29 is 4.79 Å². The maximum Gasteiger partial charge on any atom is 0.222 e. The molecule has 2 rings (SSSR count). The van der Waals surface area contributed by atoms with Gasteiger partial charge in [-0.15, -0.1) is 11.3 Å². The van der Waals surface area contributed by atoms with E-state index in [0.29, 0.717) is 0 Å². The van der Waals surface area contributed by atoms with Crippen LogP contribution in [0.4, 0.5) is 5.95 Å². The molecule has 0 radical (unpaired) electrons. The number of thiophene rings is 1. The van der Waals surface area contributed by atoms with E-state index in [1.807, 2.05) is 12.1 Å². The van der Waals surface area contributed by atoms with Crippen LogP contribution in [0.15, 0.2) is 24.4 Å². The Labute approximate surface area is 96.1 Å². The monoisotopic (exact) mass is 234 g/mol. The fourth-order valence-electron chi connectivity index (χ4n) is 1.29. The molecule has 2 aromatic heterocycles. The first-order valence-electron chi connectivity index (χ1n) is 4.61. The van der Waals surface area contributed by atoms with Gasteiger partial charge in [-0.2, -0.15) is 0 Å². The third-order valence-electron chi connectivity index (χ3n) is 1.94. The summed E-state index contributed by atoms with van der Waals surface area (Å²) in [6, 6.07) is 5.53. The molecular formula is C10H10N4OS. The van der Waals surface area contributed by atoms with Crippen molar-refractivity contribution in [1.29, 1.82) is 0 Å². The predicted molar refractivity (Wildman–Crippen MR) is 62.7 cm³/mol. The summed E-state index contributed by atoms with van der Waals surface area (Å²) < 4.78 is 0. The highest BCUT2D eigenvalue weighted by atomic mass is 32.1. The van der Waals surface area contributed by atoms with Crippen molar-refractivity contribution >= 4 is 23.2 Å². The van der Waals surface area contributed by atoms with Crippen molar-refractivity contribution in [2.45, 2.75) is 6.42 Å². The zero-order chi connectivity index (χ0) is 11.5. The summed E-state index contributed by atoms with van der Waals surface area (Å²) in [5.41, 5.74) is 11.4. The van der Waals surface area contributed by atoms with Crippen LogP contribution in [0.5, 0.6) is 0 Å². The smallest absolute Gasteiger partial charge is 0.222 e. The van der Waals surface area contributed by atoms with Crippen LogP contribution >= 0.6 is 11.3 Å². The van der Waals surface area contributed by atoms with Crippen molar-refractivity contribution in [2.24, 2.45) is 5.73 Å². The molecule has 0 saturated heterocycles. The number of amides is 1. The number of hydrogen-bond acceptors (Lipinski definition) is 5. The highest BCUT2D eigenvalue weighted by Crippen LogP contribution is 2.26. The van der Waals surface area contributed by atoms with E-state index in [1.165, 1.54) is 11.3 Å². The molecular weight excluding hydrogens is 224 g/mol. The van der Waals surface area contributed by atoms with E-state index in [2.05, 4.69) is 9.97 Å². The van der Waals surface area contributed by atoms with Gasteiger partial charge in [0.1, 0.15) is 0 Å². The quantitative estimate of drug-likeness (QED) is 0.821. The number of primary amides is 1. The number of carbonyl (C=O) groups excluding carboxylic acids is 1. The second-order valence-electron chi connectivity index (χ2n) is 3.21. The summed E-state index contributed by atoms with van der Waals surface area (Å²) in [5.74, 6) is -0.0991. The Hall–Kier alpha value is -1.95. The van der Waals surface area contributed by atoms with Crippen molar-refractivity contribution in [3.63, 3.8) is 0 Å². The SMILES string of the molecule is NC(=O)Cc1ccc(-c2ccnc(N)n2)s1. The zero-order valence-corrected chi connectivity index (χ0v) is 9.20. The first-order chi connectivity index (χ1) is 7.65. The minimum Gasteiger partial charge on any atom is -0.369 e. The molecule has 16 heavy (non-hydrogen) atoms. The number of hydrogen-bond donors (Lipinski definition) is 2. The first-order valence-corrected chi connectivity index (χ1v) is 5.43. The second kappa shape index (κ2) is 4.28. The second-order valence-corrected chi connectivity index (χ2v) is 4.38. The Bertz CT molecular complexity index is 523. The van der Waals surface area contributed by atoms with Gasteiger partial charge in [0.2, 0.25) is 11.9 Å². The van der Waals surface area contributed by atoms with Crippen molar-refractivity contribution in [3.8, 4) is 10.6 Å². The molecule has 0 aliphatic carbocycles. The lowest BCUT2D eigenvalue weighted by atomic mass is 10.3. The van der Waals surface area contributed by atoms with Crippen LogP contribution in [0.1, 0.15) is 4.88 Å². The van der Waals surface area contributed by atoms with E-state index in [4.69, 9.17) is 11.5 Å². The maximum atomic E-state index is 10.8. The van der Waals surface area contributed by atoms with E-state index >= 15 is 0 Å². The van der Waals surface area contributed by atoms with Crippen LogP contribution in [0.2, 0.25) is 0 Å². The molecule has 82 valence electrons. The van der Waals surface area contributed by atoms with Crippen molar-refractivity contribution in [2.75, 3.05) is 5.73 Å². The average Bonchev–Trinajstić information content (AvgIpc) is 2.65. The Kier molecular flexibility index (Phi) is 2.82. The Morgan fingerprint density at radius 3 is 2.88 bits per heavy atom. The Balaban J connectivity index is 2.28. The molecule has 2 heterocycles. The van der Waals surface area contributed by atoms with E-state index in [1.54, 1.807) is 12.3 Å². The Morgan fingerprint density at radius 2 is 2.19 bits per heavy atom. The van der Waals surface area contributed by atoms with E-state index in [0.717, 1.165) is 15.4 Å². The lowest BCUT2D eigenvalue weighted by Crippen LogP contribution is -2.12. The van der Waals surface area contributed by atoms with E-state index in [-0.39, 0.29) is 18.3 Å². The minimum absolute atomic E-state index is 0.238. The predicted octanol–water partition coefficient (Wildman–Crippen LogP) is 0.815. The van der Waals surface area contributed by atoms with Crippen molar-refractivity contribution in [1.82, 2.24) is 9.97 Å². The third kappa shape index (κ3) is 2.34. The van der Waals surface area contributed by atoms with Crippen LogP contribution in [-0.2, 0) is 11.2 Å². The molecule has 4 N–H and O–H groups in total. The average molecular weight is 234 g/mol. The van der Waals surface area contributed by atoms with E-state index < -0.39 is 0 Å². The number of nitrogens with zero attached hydrogens (tertiary/aromatic N) is 2. The van der Waals surface area contributed by atoms with Gasteiger partial charge in [0.25, 0.3) is 0 Å². The third-order valence-corrected chi connectivity index (χ3v) is 3.04. The molecule has 0 fully saturated rings. The van der Waals surface area contributed by atoms with Crippen LogP contribution in [0.3, 0.4) is 0 Å². The number of aromatic nitrogens is 2.